The van der Waals surface area contributed by atoms with Gasteiger partial charge < -0.3 is 10.3 Å². The molecule has 1 amide bonds. The van der Waals surface area contributed by atoms with E-state index in [1.807, 2.05) is 0 Å². The third-order valence-corrected chi connectivity index (χ3v) is 3.80. The van der Waals surface area contributed by atoms with E-state index in [2.05, 4.69) is 10.3 Å². The van der Waals surface area contributed by atoms with Crippen LogP contribution < -0.4 is 5.32 Å². The first kappa shape index (κ1) is 12.2. The van der Waals surface area contributed by atoms with Crippen molar-refractivity contribution in [3.8, 4) is 0 Å². The van der Waals surface area contributed by atoms with Crippen molar-refractivity contribution in [1.29, 1.82) is 0 Å². The Bertz CT molecular complexity index is 599. The molecule has 0 atom stereocenters. The molecule has 1 saturated carbocycles. The van der Waals surface area contributed by atoms with Crippen LogP contribution in [0.3, 0.4) is 0 Å². The van der Waals surface area contributed by atoms with Crippen molar-refractivity contribution < 1.29 is 9.18 Å². The molecule has 19 heavy (non-hydrogen) atoms. The van der Waals surface area contributed by atoms with Crippen LogP contribution in [0.25, 0.3) is 10.9 Å². The quantitative estimate of drug-likeness (QED) is 0.854. The Kier molecular flexibility index (Phi) is 3.23. The van der Waals surface area contributed by atoms with E-state index in [4.69, 9.17) is 0 Å². The first-order valence-electron chi connectivity index (χ1n) is 6.82. The Morgan fingerprint density at radius 3 is 2.79 bits per heavy atom. The van der Waals surface area contributed by atoms with Crippen molar-refractivity contribution in [3.05, 3.63) is 35.8 Å². The van der Waals surface area contributed by atoms with Crippen LogP contribution >= 0.6 is 0 Å². The highest BCUT2D eigenvalue weighted by molar-refractivity contribution is 5.98. The number of nitrogens with one attached hydrogen (secondary N) is 2. The van der Waals surface area contributed by atoms with Gasteiger partial charge in [0, 0.05) is 16.9 Å². The number of aromatic amines is 1. The predicted octanol–water partition coefficient (Wildman–Crippen LogP) is 3.37. The van der Waals surface area contributed by atoms with Gasteiger partial charge in [-0.2, -0.15) is 0 Å². The van der Waals surface area contributed by atoms with Gasteiger partial charge in [0.25, 0.3) is 5.91 Å². The van der Waals surface area contributed by atoms with E-state index in [0.29, 0.717) is 16.6 Å². The fraction of sp³-hybridized carbons (Fsp3) is 0.400. The maximum atomic E-state index is 13.6. The standard InChI is InChI=1S/C15H17FN2O/c16-12-7-4-8-13-11(12)9-14(18-13)15(19)17-10-5-2-1-3-6-10/h4,7-10,18H,1-3,5-6H2,(H,17,19). The smallest absolute Gasteiger partial charge is 0.267 e. The van der Waals surface area contributed by atoms with Gasteiger partial charge in [-0.15, -0.1) is 0 Å². The van der Waals surface area contributed by atoms with Crippen LogP contribution in [0.4, 0.5) is 4.39 Å². The zero-order valence-corrected chi connectivity index (χ0v) is 10.7. The number of halogens is 1. The summed E-state index contributed by atoms with van der Waals surface area (Å²) in [5.74, 6) is -0.437. The molecule has 2 N–H and O–H groups in total. The third kappa shape index (κ3) is 2.48. The lowest BCUT2D eigenvalue weighted by Crippen LogP contribution is -2.36. The molecule has 1 aliphatic carbocycles. The van der Waals surface area contributed by atoms with E-state index in [0.717, 1.165) is 12.8 Å². The largest absolute Gasteiger partial charge is 0.350 e. The average molecular weight is 260 g/mol. The molecule has 1 fully saturated rings. The molecule has 100 valence electrons. The number of fused-ring (bicyclic) bond motifs is 1. The van der Waals surface area contributed by atoms with Gasteiger partial charge in [0.2, 0.25) is 0 Å². The Morgan fingerprint density at radius 1 is 1.26 bits per heavy atom. The molecule has 0 saturated heterocycles. The van der Waals surface area contributed by atoms with Crippen molar-refractivity contribution in [2.45, 2.75) is 38.1 Å². The highest BCUT2D eigenvalue weighted by atomic mass is 19.1. The predicted molar refractivity (Wildman–Crippen MR) is 72.6 cm³/mol. The van der Waals surface area contributed by atoms with E-state index >= 15 is 0 Å². The summed E-state index contributed by atoms with van der Waals surface area (Å²) in [5, 5.41) is 3.49. The summed E-state index contributed by atoms with van der Waals surface area (Å²) in [6, 6.07) is 6.66. The number of rotatable bonds is 2. The van der Waals surface area contributed by atoms with E-state index in [1.54, 1.807) is 18.2 Å². The van der Waals surface area contributed by atoms with Crippen molar-refractivity contribution in [1.82, 2.24) is 10.3 Å². The Morgan fingerprint density at radius 2 is 2.05 bits per heavy atom. The maximum absolute atomic E-state index is 13.6. The summed E-state index contributed by atoms with van der Waals surface area (Å²) >= 11 is 0. The van der Waals surface area contributed by atoms with Crippen LogP contribution in [0.2, 0.25) is 0 Å². The minimum Gasteiger partial charge on any atom is -0.350 e. The first-order valence-corrected chi connectivity index (χ1v) is 6.82. The van der Waals surface area contributed by atoms with Crippen molar-refractivity contribution in [2.24, 2.45) is 0 Å². The normalized spacial score (nSPS) is 16.7. The fourth-order valence-corrected chi connectivity index (χ4v) is 2.75. The number of amides is 1. The van der Waals surface area contributed by atoms with Crippen LogP contribution in [-0.2, 0) is 0 Å². The van der Waals surface area contributed by atoms with Crippen LogP contribution in [0.15, 0.2) is 24.3 Å². The van der Waals surface area contributed by atoms with Gasteiger partial charge in [0.15, 0.2) is 0 Å². The Labute approximate surface area is 111 Å². The lowest BCUT2D eigenvalue weighted by Gasteiger charge is -2.22. The molecule has 1 heterocycles. The van der Waals surface area contributed by atoms with E-state index in [-0.39, 0.29) is 17.8 Å². The Balaban J connectivity index is 1.79. The molecule has 0 radical (unpaired) electrons. The van der Waals surface area contributed by atoms with Gasteiger partial charge in [0.1, 0.15) is 11.5 Å². The lowest BCUT2D eigenvalue weighted by molar-refractivity contribution is 0.0923. The molecule has 1 aromatic carbocycles. The second-order valence-corrected chi connectivity index (χ2v) is 5.19. The van der Waals surface area contributed by atoms with E-state index in [9.17, 15) is 9.18 Å². The number of carbonyl (C=O) groups is 1. The number of H-pyrrole nitrogens is 1. The molecule has 1 aromatic heterocycles. The molecule has 0 unspecified atom stereocenters. The van der Waals surface area contributed by atoms with E-state index < -0.39 is 0 Å². The maximum Gasteiger partial charge on any atom is 0.267 e. The number of hydrogen-bond acceptors (Lipinski definition) is 1. The van der Waals surface area contributed by atoms with Gasteiger partial charge in [0.05, 0.1) is 0 Å². The molecule has 1 aliphatic rings. The van der Waals surface area contributed by atoms with E-state index in [1.165, 1.54) is 25.3 Å². The number of benzene rings is 1. The molecule has 4 heteroatoms. The third-order valence-electron chi connectivity index (χ3n) is 3.80. The van der Waals surface area contributed by atoms with Crippen molar-refractivity contribution in [2.75, 3.05) is 0 Å². The first-order chi connectivity index (χ1) is 9.24. The molecule has 3 rings (SSSR count). The highest BCUT2D eigenvalue weighted by Crippen LogP contribution is 2.20. The molecule has 0 aliphatic heterocycles. The average Bonchev–Trinajstić information content (AvgIpc) is 2.85. The zero-order chi connectivity index (χ0) is 13.2. The van der Waals surface area contributed by atoms with Gasteiger partial charge in [-0.25, -0.2) is 4.39 Å². The topological polar surface area (TPSA) is 44.9 Å². The summed E-state index contributed by atoms with van der Waals surface area (Å²) < 4.78 is 13.6. The summed E-state index contributed by atoms with van der Waals surface area (Å²) in [5.41, 5.74) is 1.10. The summed E-state index contributed by atoms with van der Waals surface area (Å²) in [6.45, 7) is 0. The summed E-state index contributed by atoms with van der Waals surface area (Å²) in [4.78, 5) is 15.1. The number of aromatic nitrogens is 1. The van der Waals surface area contributed by atoms with Gasteiger partial charge in [-0.1, -0.05) is 25.3 Å². The van der Waals surface area contributed by atoms with Gasteiger partial charge in [-0.3, -0.25) is 4.79 Å². The SMILES string of the molecule is O=C(NC1CCCCC1)c1cc2c(F)cccc2[nH]1. The van der Waals surface area contributed by atoms with Gasteiger partial charge >= 0.3 is 0 Å². The number of carbonyl (C=O) groups excluding carboxylic acids is 1. The summed E-state index contributed by atoms with van der Waals surface area (Å²) in [7, 11) is 0. The van der Waals surface area contributed by atoms with Gasteiger partial charge in [-0.05, 0) is 31.0 Å². The summed E-state index contributed by atoms with van der Waals surface area (Å²) in [6.07, 6.45) is 5.68. The van der Waals surface area contributed by atoms with Crippen LogP contribution in [0.1, 0.15) is 42.6 Å². The monoisotopic (exact) mass is 260 g/mol. The molecule has 0 bridgehead atoms. The molecular formula is C15H17FN2O. The minimum absolute atomic E-state index is 0.137. The molecule has 3 nitrogen and oxygen atoms in total. The molecular weight excluding hydrogens is 243 g/mol. The molecule has 0 spiro atoms. The minimum atomic E-state index is -0.300. The van der Waals surface area contributed by atoms with Crippen LogP contribution in [-0.4, -0.2) is 16.9 Å². The second kappa shape index (κ2) is 5.03. The second-order valence-electron chi connectivity index (χ2n) is 5.19. The Hall–Kier alpha value is -1.84. The number of hydrogen-bond donors (Lipinski definition) is 2. The van der Waals surface area contributed by atoms with Crippen LogP contribution in [0, 0.1) is 5.82 Å². The highest BCUT2D eigenvalue weighted by Gasteiger charge is 2.18. The van der Waals surface area contributed by atoms with Crippen LogP contribution in [0.5, 0.6) is 0 Å². The fourth-order valence-electron chi connectivity index (χ4n) is 2.75. The van der Waals surface area contributed by atoms with Crippen molar-refractivity contribution in [3.63, 3.8) is 0 Å². The van der Waals surface area contributed by atoms with Crippen molar-refractivity contribution >= 4 is 16.8 Å². The lowest BCUT2D eigenvalue weighted by atomic mass is 9.95. The molecule has 2 aromatic rings. The zero-order valence-electron chi connectivity index (χ0n) is 10.7.